The summed E-state index contributed by atoms with van der Waals surface area (Å²) in [5.41, 5.74) is 7.13. The Balaban J connectivity index is 1.89. The van der Waals surface area contributed by atoms with Crippen LogP contribution >= 0.6 is 0 Å². The minimum atomic E-state index is 0.160. The van der Waals surface area contributed by atoms with Gasteiger partial charge in [0.1, 0.15) is 5.65 Å². The van der Waals surface area contributed by atoms with Crippen molar-refractivity contribution >= 4 is 5.65 Å². The van der Waals surface area contributed by atoms with Gasteiger partial charge >= 0.3 is 0 Å². The monoisotopic (exact) mass is 326 g/mol. The number of hydrogen-bond acceptors (Lipinski definition) is 1. The van der Waals surface area contributed by atoms with Gasteiger partial charge < -0.3 is 0 Å². The molecule has 0 atom stereocenters. The molecule has 0 amide bonds. The summed E-state index contributed by atoms with van der Waals surface area (Å²) in [5.74, 6) is 0. The Morgan fingerprint density at radius 1 is 0.680 bits per heavy atom. The highest BCUT2D eigenvalue weighted by Gasteiger charge is 2.15. The van der Waals surface area contributed by atoms with Gasteiger partial charge in [0.2, 0.25) is 0 Å². The van der Waals surface area contributed by atoms with Gasteiger partial charge in [-0.2, -0.15) is 0 Å². The van der Waals surface area contributed by atoms with Crippen LogP contribution < -0.4 is 0 Å². The summed E-state index contributed by atoms with van der Waals surface area (Å²) >= 11 is 0. The lowest BCUT2D eigenvalue weighted by molar-refractivity contribution is 0.590. The molecule has 0 aliphatic heterocycles. The molecule has 0 radical (unpaired) electrons. The summed E-state index contributed by atoms with van der Waals surface area (Å²) in [6.45, 7) is 6.72. The summed E-state index contributed by atoms with van der Waals surface area (Å²) in [7, 11) is 0. The van der Waals surface area contributed by atoms with E-state index < -0.39 is 0 Å². The molecule has 2 aromatic carbocycles. The fraction of sp³-hybridized carbons (Fsp3) is 0.174. The predicted molar refractivity (Wildman–Crippen MR) is 105 cm³/mol. The maximum absolute atomic E-state index is 4.62. The molecule has 0 fully saturated rings. The molecule has 2 heteroatoms. The third-order valence-electron chi connectivity index (χ3n) is 4.65. The molecule has 2 heterocycles. The van der Waals surface area contributed by atoms with Crippen LogP contribution in [0.15, 0.2) is 79.0 Å². The highest BCUT2D eigenvalue weighted by atomic mass is 15.0. The second-order valence-corrected chi connectivity index (χ2v) is 7.44. The number of pyridine rings is 1. The van der Waals surface area contributed by atoms with E-state index in [-0.39, 0.29) is 5.41 Å². The van der Waals surface area contributed by atoms with Crippen LogP contribution in [0.4, 0.5) is 0 Å². The van der Waals surface area contributed by atoms with Gasteiger partial charge in [-0.1, -0.05) is 81.4 Å². The predicted octanol–water partition coefficient (Wildman–Crippen LogP) is 5.97. The van der Waals surface area contributed by atoms with Gasteiger partial charge in [0.15, 0.2) is 0 Å². The Kier molecular flexibility index (Phi) is 3.69. The summed E-state index contributed by atoms with van der Waals surface area (Å²) in [5, 5.41) is 0. The highest BCUT2D eigenvalue weighted by molar-refractivity contribution is 5.71. The van der Waals surface area contributed by atoms with Crippen LogP contribution in [0.5, 0.6) is 0 Å². The molecule has 25 heavy (non-hydrogen) atoms. The van der Waals surface area contributed by atoms with Crippen molar-refractivity contribution in [3.63, 3.8) is 0 Å². The maximum atomic E-state index is 4.62. The Hall–Kier alpha value is -2.87. The van der Waals surface area contributed by atoms with Crippen molar-refractivity contribution in [3.8, 4) is 22.5 Å². The minimum Gasteiger partial charge on any atom is -0.292 e. The molecule has 0 spiro atoms. The van der Waals surface area contributed by atoms with Gasteiger partial charge in [0, 0.05) is 5.56 Å². The lowest BCUT2D eigenvalue weighted by Gasteiger charge is -2.19. The highest BCUT2D eigenvalue weighted by Crippen LogP contribution is 2.29. The zero-order valence-electron chi connectivity index (χ0n) is 14.9. The Morgan fingerprint density at radius 2 is 1.36 bits per heavy atom. The van der Waals surface area contributed by atoms with E-state index in [4.69, 9.17) is 0 Å². The number of hydrogen-bond donors (Lipinski definition) is 0. The number of fused-ring (bicyclic) bond motifs is 1. The summed E-state index contributed by atoms with van der Waals surface area (Å²) in [6.07, 6.45) is 1.97. The van der Waals surface area contributed by atoms with Crippen LogP contribution in [0.3, 0.4) is 0 Å². The lowest BCUT2D eigenvalue weighted by Crippen LogP contribution is -2.10. The Bertz CT molecular complexity index is 1000. The van der Waals surface area contributed by atoms with Gasteiger partial charge in [-0.15, -0.1) is 0 Å². The molecule has 124 valence electrons. The maximum Gasteiger partial charge on any atom is 0.137 e. The number of aromatic nitrogens is 2. The van der Waals surface area contributed by atoms with E-state index in [1.807, 2.05) is 12.3 Å². The summed E-state index contributed by atoms with van der Waals surface area (Å²) in [6, 6.07) is 25.6. The van der Waals surface area contributed by atoms with E-state index in [0.717, 1.165) is 17.0 Å². The first-order valence-electron chi connectivity index (χ1n) is 8.67. The van der Waals surface area contributed by atoms with Crippen molar-refractivity contribution in [3.05, 3.63) is 84.6 Å². The topological polar surface area (TPSA) is 17.3 Å². The SMILES string of the molecule is CC(C)(C)c1ccc(-c2cnc3cccc(-c4ccccc4)n23)cc1. The van der Waals surface area contributed by atoms with Gasteiger partial charge in [-0.25, -0.2) is 4.98 Å². The van der Waals surface area contributed by atoms with E-state index in [1.165, 1.54) is 16.7 Å². The molecule has 2 nitrogen and oxygen atoms in total. The quantitative estimate of drug-likeness (QED) is 0.444. The molecule has 2 aromatic heterocycles. The standard InChI is InChI=1S/C23H22N2/c1-23(2,3)19-14-12-18(13-15-19)21-16-24-22-11-7-10-20(25(21)22)17-8-5-4-6-9-17/h4-16H,1-3H3. The first-order valence-corrected chi connectivity index (χ1v) is 8.67. The van der Waals surface area contributed by atoms with Gasteiger partial charge in [-0.05, 0) is 28.7 Å². The Morgan fingerprint density at radius 3 is 2.04 bits per heavy atom. The second-order valence-electron chi connectivity index (χ2n) is 7.44. The first-order chi connectivity index (χ1) is 12.0. The number of rotatable bonds is 2. The van der Waals surface area contributed by atoms with Gasteiger partial charge in [-0.3, -0.25) is 4.40 Å². The molecule has 0 saturated carbocycles. The van der Waals surface area contributed by atoms with Crippen LogP contribution in [-0.4, -0.2) is 9.38 Å². The van der Waals surface area contributed by atoms with E-state index in [1.54, 1.807) is 0 Å². The molecule has 0 saturated heterocycles. The zero-order valence-corrected chi connectivity index (χ0v) is 14.9. The van der Waals surface area contributed by atoms with Crippen LogP contribution in [0.1, 0.15) is 26.3 Å². The summed E-state index contributed by atoms with van der Waals surface area (Å²) in [4.78, 5) is 4.62. The van der Waals surface area contributed by atoms with Crippen molar-refractivity contribution in [2.24, 2.45) is 0 Å². The minimum absolute atomic E-state index is 0.160. The average Bonchev–Trinajstić information content (AvgIpc) is 3.06. The molecule has 0 aliphatic rings. The second kappa shape index (κ2) is 5.89. The lowest BCUT2D eigenvalue weighted by atomic mass is 9.86. The van der Waals surface area contributed by atoms with Crippen molar-refractivity contribution in [1.82, 2.24) is 9.38 Å². The Labute approximate surface area is 148 Å². The van der Waals surface area contributed by atoms with Crippen LogP contribution in [0.25, 0.3) is 28.2 Å². The van der Waals surface area contributed by atoms with Crippen molar-refractivity contribution in [1.29, 1.82) is 0 Å². The molecule has 0 aliphatic carbocycles. The molecule has 4 rings (SSSR count). The van der Waals surface area contributed by atoms with Crippen molar-refractivity contribution < 1.29 is 0 Å². The van der Waals surface area contributed by atoms with E-state index >= 15 is 0 Å². The van der Waals surface area contributed by atoms with E-state index in [9.17, 15) is 0 Å². The smallest absolute Gasteiger partial charge is 0.137 e. The normalized spacial score (nSPS) is 11.8. The molecule has 0 N–H and O–H groups in total. The first kappa shape index (κ1) is 15.6. The number of nitrogens with zero attached hydrogens (tertiary/aromatic N) is 2. The fourth-order valence-electron chi connectivity index (χ4n) is 3.22. The van der Waals surface area contributed by atoms with Crippen molar-refractivity contribution in [2.45, 2.75) is 26.2 Å². The van der Waals surface area contributed by atoms with E-state index in [2.05, 4.69) is 96.9 Å². The number of imidazole rings is 1. The average molecular weight is 326 g/mol. The van der Waals surface area contributed by atoms with Gasteiger partial charge in [0.25, 0.3) is 0 Å². The van der Waals surface area contributed by atoms with Crippen LogP contribution in [0.2, 0.25) is 0 Å². The largest absolute Gasteiger partial charge is 0.292 e. The van der Waals surface area contributed by atoms with Crippen LogP contribution in [0, 0.1) is 0 Å². The molecule has 4 aromatic rings. The van der Waals surface area contributed by atoms with Crippen LogP contribution in [-0.2, 0) is 5.41 Å². The third-order valence-corrected chi connectivity index (χ3v) is 4.65. The number of benzene rings is 2. The third kappa shape index (κ3) is 2.85. The summed E-state index contributed by atoms with van der Waals surface area (Å²) < 4.78 is 2.24. The molecular weight excluding hydrogens is 304 g/mol. The molecular formula is C23H22N2. The van der Waals surface area contributed by atoms with Gasteiger partial charge in [0.05, 0.1) is 17.6 Å². The fourth-order valence-corrected chi connectivity index (χ4v) is 3.22. The molecule has 0 bridgehead atoms. The molecule has 0 unspecified atom stereocenters. The van der Waals surface area contributed by atoms with E-state index in [0.29, 0.717) is 0 Å². The van der Waals surface area contributed by atoms with Crippen molar-refractivity contribution in [2.75, 3.05) is 0 Å². The zero-order chi connectivity index (χ0) is 17.4.